The molecule has 0 aliphatic heterocycles. The molecular formula is C50H77BrO10. The number of halogens is 1. The van der Waals surface area contributed by atoms with E-state index in [4.69, 9.17) is 9.47 Å². The van der Waals surface area contributed by atoms with Crippen molar-refractivity contribution in [2.45, 2.75) is 168 Å². The maximum Gasteiger partial charge on any atom is 0.344 e. The fourth-order valence-corrected chi connectivity index (χ4v) is 10.8. The monoisotopic (exact) mass is 916 g/mol. The van der Waals surface area contributed by atoms with Crippen LogP contribution in [0.3, 0.4) is 0 Å². The molecule has 61 heavy (non-hydrogen) atoms. The standard InChI is InChI=1S/C25H38O5.C21H32O3.C4H7BrO2/c1-3-5-6-9-19(26)11-12-20-21-13-17-8-7-10-24(30-16-25(28)29-4-2)22(17)14-18(21)15-23(20)27;1-2-3-4-7-16(22)9-10-17-18-11-14-6-5-8-20(23)19(14)12-15(18)13-21(17)24;1-2-7-4(6)3-5/h7-8,10,18-21,23,26-27H,3-6,9,11-16H2,1-2H3;5-6,8,15-18,21-24H,2-4,7,9-13H2,1H3;2-3H2,1H3/t18-,19-,20+,21-,23+;15-,16-,17+,18-,21+;/m00./s1. The summed E-state index contributed by atoms with van der Waals surface area (Å²) in [6, 6.07) is 11.9. The van der Waals surface area contributed by atoms with Crippen LogP contribution in [0.5, 0.6) is 11.5 Å². The number of ether oxygens (including phenoxy) is 3. The van der Waals surface area contributed by atoms with Crippen molar-refractivity contribution >= 4 is 27.9 Å². The Bertz CT molecular complexity index is 1600. The van der Waals surface area contributed by atoms with E-state index in [1.807, 2.05) is 18.2 Å². The Labute approximate surface area is 374 Å². The lowest BCUT2D eigenvalue weighted by Crippen LogP contribution is -2.28. The van der Waals surface area contributed by atoms with Crippen LogP contribution in [0.15, 0.2) is 36.4 Å². The van der Waals surface area contributed by atoms with Gasteiger partial charge in [0, 0.05) is 0 Å². The average molecular weight is 918 g/mol. The van der Waals surface area contributed by atoms with Crippen LogP contribution in [0, 0.1) is 35.5 Å². The second-order valence-corrected chi connectivity index (χ2v) is 18.5. The van der Waals surface area contributed by atoms with Crippen LogP contribution in [0.2, 0.25) is 0 Å². The zero-order valence-electron chi connectivity index (χ0n) is 37.4. The van der Waals surface area contributed by atoms with Crippen LogP contribution in [0.25, 0.3) is 0 Å². The van der Waals surface area contributed by atoms with Crippen LogP contribution in [-0.2, 0) is 44.7 Å². The van der Waals surface area contributed by atoms with Gasteiger partial charge in [-0.05, 0) is 161 Å². The van der Waals surface area contributed by atoms with Gasteiger partial charge in [-0.15, -0.1) is 0 Å². The van der Waals surface area contributed by atoms with Gasteiger partial charge in [-0.2, -0.15) is 0 Å². The minimum atomic E-state index is -0.349. The Morgan fingerprint density at radius 2 is 1.16 bits per heavy atom. The summed E-state index contributed by atoms with van der Waals surface area (Å²) in [6.45, 7) is 8.67. The van der Waals surface area contributed by atoms with Crippen molar-refractivity contribution < 1.29 is 49.3 Å². The van der Waals surface area contributed by atoms with E-state index in [1.54, 1.807) is 19.9 Å². The molecule has 5 N–H and O–H groups in total. The van der Waals surface area contributed by atoms with Crippen molar-refractivity contribution in [3.05, 3.63) is 58.7 Å². The van der Waals surface area contributed by atoms with Gasteiger partial charge in [0.1, 0.15) is 16.8 Å². The molecule has 4 aliphatic carbocycles. The molecule has 10 nitrogen and oxygen atoms in total. The molecule has 0 unspecified atom stereocenters. The second-order valence-electron chi connectivity index (χ2n) is 17.9. The molecule has 0 amide bonds. The topological polar surface area (TPSA) is 163 Å². The third-order valence-corrected chi connectivity index (χ3v) is 14.2. The normalized spacial score (nSPS) is 25.5. The number of aliphatic hydroxyl groups excluding tert-OH is 4. The van der Waals surface area contributed by atoms with E-state index in [0.29, 0.717) is 53.9 Å². The molecule has 0 aromatic heterocycles. The molecule has 344 valence electrons. The van der Waals surface area contributed by atoms with Gasteiger partial charge in [-0.1, -0.05) is 92.6 Å². The number of fused-ring (bicyclic) bond motifs is 4. The summed E-state index contributed by atoms with van der Waals surface area (Å²) in [6.07, 6.45) is 16.4. The quantitative estimate of drug-likeness (QED) is 0.0493. The highest BCUT2D eigenvalue weighted by atomic mass is 79.9. The van der Waals surface area contributed by atoms with Gasteiger partial charge in [0.15, 0.2) is 6.61 Å². The first-order valence-electron chi connectivity index (χ1n) is 23.6. The highest BCUT2D eigenvalue weighted by Crippen LogP contribution is 2.50. The maximum atomic E-state index is 11.7. The number of hydrogen-bond donors (Lipinski definition) is 5. The van der Waals surface area contributed by atoms with Crippen molar-refractivity contribution in [3.63, 3.8) is 0 Å². The van der Waals surface area contributed by atoms with Crippen LogP contribution in [-0.4, -0.2) is 87.0 Å². The number of aromatic hydroxyl groups is 1. The van der Waals surface area contributed by atoms with Gasteiger partial charge in [0.25, 0.3) is 0 Å². The predicted molar refractivity (Wildman–Crippen MR) is 243 cm³/mol. The first-order valence-corrected chi connectivity index (χ1v) is 24.7. The van der Waals surface area contributed by atoms with Crippen LogP contribution >= 0.6 is 15.9 Å². The Morgan fingerprint density at radius 1 is 0.672 bits per heavy atom. The van der Waals surface area contributed by atoms with Gasteiger partial charge >= 0.3 is 11.9 Å². The fraction of sp³-hybridized carbons (Fsp3) is 0.720. The molecule has 2 fully saturated rings. The lowest BCUT2D eigenvalue weighted by Gasteiger charge is -2.32. The highest BCUT2D eigenvalue weighted by Gasteiger charge is 2.46. The number of hydrogen-bond acceptors (Lipinski definition) is 10. The molecule has 0 spiro atoms. The van der Waals surface area contributed by atoms with Crippen molar-refractivity contribution in [2.24, 2.45) is 35.5 Å². The molecule has 0 heterocycles. The minimum absolute atomic E-state index is 0.0699. The molecule has 6 rings (SSSR count). The van der Waals surface area contributed by atoms with Crippen molar-refractivity contribution in [3.8, 4) is 11.5 Å². The summed E-state index contributed by atoms with van der Waals surface area (Å²) in [7, 11) is 0. The Kier molecular flexibility index (Phi) is 22.4. The van der Waals surface area contributed by atoms with E-state index in [-0.39, 0.29) is 48.9 Å². The number of aliphatic hydroxyl groups is 4. The van der Waals surface area contributed by atoms with Crippen LogP contribution in [0.1, 0.15) is 140 Å². The number of rotatable bonds is 20. The molecule has 0 saturated heterocycles. The maximum absolute atomic E-state index is 11.7. The summed E-state index contributed by atoms with van der Waals surface area (Å²) < 4.78 is 15.2. The van der Waals surface area contributed by atoms with Crippen LogP contribution < -0.4 is 4.74 Å². The number of benzene rings is 2. The second kappa shape index (κ2) is 26.8. The molecule has 4 aliphatic rings. The molecular weight excluding hydrogens is 840 g/mol. The lowest BCUT2D eigenvalue weighted by molar-refractivity contribution is -0.145. The van der Waals surface area contributed by atoms with Gasteiger partial charge in [-0.3, -0.25) is 4.79 Å². The number of esters is 2. The smallest absolute Gasteiger partial charge is 0.344 e. The predicted octanol–water partition coefficient (Wildman–Crippen LogP) is 8.83. The minimum Gasteiger partial charge on any atom is -0.508 e. The van der Waals surface area contributed by atoms with Gasteiger partial charge < -0.3 is 39.7 Å². The number of alkyl halides is 1. The van der Waals surface area contributed by atoms with Gasteiger partial charge in [0.05, 0.1) is 37.6 Å². The fourth-order valence-electron chi connectivity index (χ4n) is 10.6. The number of carbonyl (C=O) groups excluding carboxylic acids is 2. The Hall–Kier alpha value is -2.70. The SMILES string of the molecule is CCCCC[C@H](O)CC[C@@H]1[C@H]2Cc3cccc(O)c3C[C@H]2C[C@H]1O.CCCCC[C@H](O)CC[C@@H]1[C@H]2Cc3cccc(OCC(=O)OCC)c3C[C@H]2C[C@H]1O.CCOC(=O)CBr. The van der Waals surface area contributed by atoms with E-state index < -0.39 is 0 Å². The Balaban J connectivity index is 0.000000236. The van der Waals surface area contributed by atoms with Crippen molar-refractivity contribution in [1.82, 2.24) is 0 Å². The molecule has 0 radical (unpaired) electrons. The van der Waals surface area contributed by atoms with E-state index in [0.717, 1.165) is 101 Å². The summed E-state index contributed by atoms with van der Waals surface area (Å²) in [5.41, 5.74) is 4.78. The van der Waals surface area contributed by atoms with E-state index in [2.05, 4.69) is 46.6 Å². The molecule has 11 heteroatoms. The van der Waals surface area contributed by atoms with Crippen molar-refractivity contribution in [2.75, 3.05) is 25.2 Å². The number of carbonyl (C=O) groups is 2. The molecule has 0 bridgehead atoms. The van der Waals surface area contributed by atoms with E-state index in [1.165, 1.54) is 42.4 Å². The van der Waals surface area contributed by atoms with Gasteiger partial charge in [0.2, 0.25) is 0 Å². The molecule has 10 atom stereocenters. The number of phenolic OH excluding ortho intramolecular Hbond substituents is 1. The Morgan fingerprint density at radius 3 is 1.66 bits per heavy atom. The van der Waals surface area contributed by atoms with Crippen LogP contribution in [0.4, 0.5) is 0 Å². The molecule has 2 saturated carbocycles. The number of unbranched alkanes of at least 4 members (excludes halogenated alkanes) is 4. The highest BCUT2D eigenvalue weighted by molar-refractivity contribution is 9.09. The number of phenols is 1. The summed E-state index contributed by atoms with van der Waals surface area (Å²) in [5, 5.41) is 52.2. The first kappa shape index (κ1) is 50.9. The zero-order valence-corrected chi connectivity index (χ0v) is 39.0. The van der Waals surface area contributed by atoms with E-state index in [9.17, 15) is 35.1 Å². The molecule has 2 aromatic carbocycles. The summed E-state index contributed by atoms with van der Waals surface area (Å²) in [4.78, 5) is 21.8. The lowest BCUT2D eigenvalue weighted by atomic mass is 9.73. The summed E-state index contributed by atoms with van der Waals surface area (Å²) >= 11 is 2.94. The average Bonchev–Trinajstić information content (AvgIpc) is 3.73. The first-order chi connectivity index (χ1) is 29.4. The van der Waals surface area contributed by atoms with Gasteiger partial charge in [-0.25, -0.2) is 4.79 Å². The largest absolute Gasteiger partial charge is 0.508 e. The summed E-state index contributed by atoms with van der Waals surface area (Å²) in [5.74, 6) is 3.04. The third-order valence-electron chi connectivity index (χ3n) is 13.7. The van der Waals surface area contributed by atoms with E-state index >= 15 is 0 Å². The van der Waals surface area contributed by atoms with Crippen molar-refractivity contribution in [1.29, 1.82) is 0 Å². The zero-order chi connectivity index (χ0) is 44.3. The third kappa shape index (κ3) is 15.5. The molecule has 2 aromatic rings.